The smallest absolute Gasteiger partial charge is 0.354 e. The van der Waals surface area contributed by atoms with Gasteiger partial charge in [-0.2, -0.15) is 18.3 Å². The highest BCUT2D eigenvalue weighted by atomic mass is 19.4. The van der Waals surface area contributed by atoms with Gasteiger partial charge in [0, 0.05) is 31.1 Å². The van der Waals surface area contributed by atoms with Gasteiger partial charge in [-0.25, -0.2) is 4.79 Å². The Labute approximate surface area is 205 Å². The number of aromatic nitrogens is 4. The Morgan fingerprint density at radius 2 is 1.86 bits per heavy atom. The Kier molecular flexibility index (Phi) is 9.25. The number of carbonyl (C=O) groups excluding carboxylic acids is 2. The zero-order valence-electron chi connectivity index (χ0n) is 19.8. The Morgan fingerprint density at radius 3 is 2.50 bits per heavy atom. The second-order valence-electron chi connectivity index (χ2n) is 8.45. The molecule has 3 N–H and O–H groups in total. The molecule has 2 heterocycles. The number of hydrogen-bond acceptors (Lipinski definition) is 6. The molecule has 196 valence electrons. The normalized spacial score (nSPS) is 18.7. The van der Waals surface area contributed by atoms with Gasteiger partial charge in [-0.15, -0.1) is 0 Å². The third-order valence-electron chi connectivity index (χ3n) is 5.84. The number of rotatable bonds is 10. The quantitative estimate of drug-likeness (QED) is 0.332. The molecule has 10 nitrogen and oxygen atoms in total. The van der Waals surface area contributed by atoms with Gasteiger partial charge in [0.15, 0.2) is 11.5 Å². The number of hydrogen-bond donors (Lipinski definition) is 3. The fourth-order valence-corrected chi connectivity index (χ4v) is 4.00. The largest absolute Gasteiger partial charge is 0.438 e. The van der Waals surface area contributed by atoms with Gasteiger partial charge in [0.2, 0.25) is 5.91 Å². The summed E-state index contributed by atoms with van der Waals surface area (Å²) < 4.78 is 45.7. The molecule has 1 aliphatic carbocycles. The van der Waals surface area contributed by atoms with E-state index in [0.717, 1.165) is 17.3 Å². The van der Waals surface area contributed by atoms with Crippen LogP contribution in [0.25, 0.3) is 0 Å². The van der Waals surface area contributed by atoms with E-state index < -0.39 is 29.1 Å². The minimum absolute atomic E-state index is 0.0202. The third kappa shape index (κ3) is 7.43. The van der Waals surface area contributed by atoms with Crippen molar-refractivity contribution >= 4 is 11.8 Å². The van der Waals surface area contributed by atoms with Gasteiger partial charge in [0.1, 0.15) is 0 Å². The zero-order chi connectivity index (χ0) is 26.1. The molecule has 0 unspecified atom stereocenters. The SMILES string of the molecule is CC/C=C\C=C/Cn1cc(C(=O)NCCNC(=O)C2CCC(c3noc(=O)[nH]3)CC2)c(C(F)(F)F)n1. The number of amides is 2. The van der Waals surface area contributed by atoms with E-state index in [-0.39, 0.29) is 37.4 Å². The first-order valence-electron chi connectivity index (χ1n) is 11.8. The number of nitrogens with one attached hydrogen (secondary N) is 3. The average molecular weight is 511 g/mol. The van der Waals surface area contributed by atoms with Crippen molar-refractivity contribution < 1.29 is 27.3 Å². The molecule has 0 radical (unpaired) electrons. The van der Waals surface area contributed by atoms with Crippen molar-refractivity contribution in [3.05, 3.63) is 58.1 Å². The maximum Gasteiger partial charge on any atom is 0.438 e. The second-order valence-corrected chi connectivity index (χ2v) is 8.45. The van der Waals surface area contributed by atoms with E-state index in [4.69, 9.17) is 0 Å². The van der Waals surface area contributed by atoms with Crippen LogP contribution in [0.5, 0.6) is 0 Å². The lowest BCUT2D eigenvalue weighted by molar-refractivity contribution is -0.141. The highest BCUT2D eigenvalue weighted by Crippen LogP contribution is 2.34. The summed E-state index contributed by atoms with van der Waals surface area (Å²) in [5.41, 5.74) is -1.83. The first kappa shape index (κ1) is 27.0. The van der Waals surface area contributed by atoms with Crippen LogP contribution in [0.15, 0.2) is 39.8 Å². The van der Waals surface area contributed by atoms with Gasteiger partial charge in [-0.05, 0) is 32.1 Å². The molecule has 1 fully saturated rings. The molecule has 0 atom stereocenters. The Hall–Kier alpha value is -3.64. The van der Waals surface area contributed by atoms with E-state index >= 15 is 0 Å². The molecule has 2 aromatic rings. The van der Waals surface area contributed by atoms with Gasteiger partial charge >= 0.3 is 11.9 Å². The molecule has 2 aromatic heterocycles. The van der Waals surface area contributed by atoms with Crippen LogP contribution in [-0.2, 0) is 17.5 Å². The number of nitrogens with zero attached hydrogens (tertiary/aromatic N) is 3. The van der Waals surface area contributed by atoms with Gasteiger partial charge in [0.25, 0.3) is 5.91 Å². The van der Waals surface area contributed by atoms with Crippen LogP contribution in [0.2, 0.25) is 0 Å². The monoisotopic (exact) mass is 510 g/mol. The first-order chi connectivity index (χ1) is 17.2. The van der Waals surface area contributed by atoms with Crippen molar-refractivity contribution in [3.63, 3.8) is 0 Å². The summed E-state index contributed by atoms with van der Waals surface area (Å²) in [5.74, 6) is -1.45. The van der Waals surface area contributed by atoms with E-state index in [2.05, 4.69) is 30.4 Å². The molecule has 36 heavy (non-hydrogen) atoms. The molecule has 2 amide bonds. The summed E-state index contributed by atoms with van der Waals surface area (Å²) in [6, 6.07) is 0. The van der Waals surface area contributed by atoms with E-state index in [1.54, 1.807) is 18.2 Å². The maximum absolute atomic E-state index is 13.4. The zero-order valence-corrected chi connectivity index (χ0v) is 19.8. The first-order valence-corrected chi connectivity index (χ1v) is 11.8. The summed E-state index contributed by atoms with van der Waals surface area (Å²) in [6.45, 7) is 2.07. The van der Waals surface area contributed by atoms with Crippen molar-refractivity contribution in [1.82, 2.24) is 30.6 Å². The molecule has 0 saturated heterocycles. The minimum Gasteiger partial charge on any atom is -0.354 e. The molecule has 1 aliphatic rings. The number of H-pyrrole nitrogens is 1. The predicted molar refractivity (Wildman–Crippen MR) is 123 cm³/mol. The fraction of sp³-hybridized carbons (Fsp3) is 0.522. The molecular weight excluding hydrogens is 481 g/mol. The lowest BCUT2D eigenvalue weighted by atomic mass is 9.81. The molecule has 3 rings (SSSR count). The van der Waals surface area contributed by atoms with Crippen LogP contribution in [0.3, 0.4) is 0 Å². The van der Waals surface area contributed by atoms with Crippen molar-refractivity contribution in [1.29, 1.82) is 0 Å². The standard InChI is InChI=1S/C23H29F3N6O4/c1-2-3-4-5-6-13-32-14-17(18(30-32)23(24,25)26)21(34)28-12-11-27-20(33)16-9-7-15(8-10-16)19-29-22(35)36-31-19/h3-6,14-16H,2,7-13H2,1H3,(H,27,33)(H,28,34)(H,29,31,35)/b4-3-,6-5-. The summed E-state index contributed by atoms with van der Waals surface area (Å²) in [6.07, 6.45) is 6.62. The van der Waals surface area contributed by atoms with E-state index in [1.807, 2.05) is 13.0 Å². The molecular formula is C23H29F3N6O4. The van der Waals surface area contributed by atoms with Gasteiger partial charge in [0.05, 0.1) is 12.1 Å². The second kappa shape index (κ2) is 12.4. The van der Waals surface area contributed by atoms with E-state index in [1.165, 1.54) is 0 Å². The molecule has 0 aliphatic heterocycles. The van der Waals surface area contributed by atoms with Crippen LogP contribution >= 0.6 is 0 Å². The van der Waals surface area contributed by atoms with E-state index in [9.17, 15) is 27.6 Å². The average Bonchev–Trinajstić information content (AvgIpc) is 3.48. The number of aromatic amines is 1. The Balaban J connectivity index is 1.46. The van der Waals surface area contributed by atoms with Crippen molar-refractivity contribution in [2.75, 3.05) is 13.1 Å². The highest BCUT2D eigenvalue weighted by Gasteiger charge is 2.39. The fourth-order valence-electron chi connectivity index (χ4n) is 4.00. The molecule has 1 saturated carbocycles. The number of halogens is 3. The lowest BCUT2D eigenvalue weighted by Gasteiger charge is -2.26. The van der Waals surface area contributed by atoms with Crippen LogP contribution in [-0.4, -0.2) is 44.8 Å². The topological polar surface area (TPSA) is 135 Å². The number of allylic oxidation sites excluding steroid dienone is 4. The van der Waals surface area contributed by atoms with Gasteiger partial charge in [-0.1, -0.05) is 36.4 Å². The molecule has 0 spiro atoms. The van der Waals surface area contributed by atoms with Gasteiger partial charge < -0.3 is 10.6 Å². The third-order valence-corrected chi connectivity index (χ3v) is 5.84. The molecule has 0 aromatic carbocycles. The molecule has 0 bridgehead atoms. The summed E-state index contributed by atoms with van der Waals surface area (Å²) in [7, 11) is 0. The summed E-state index contributed by atoms with van der Waals surface area (Å²) in [5, 5.41) is 12.3. The van der Waals surface area contributed by atoms with Crippen LogP contribution in [0, 0.1) is 5.92 Å². The van der Waals surface area contributed by atoms with Crippen LogP contribution in [0.1, 0.15) is 66.8 Å². The summed E-state index contributed by atoms with van der Waals surface area (Å²) in [4.78, 5) is 38.5. The molecule has 13 heteroatoms. The Bertz CT molecular complexity index is 1140. The summed E-state index contributed by atoms with van der Waals surface area (Å²) >= 11 is 0. The predicted octanol–water partition coefficient (Wildman–Crippen LogP) is 2.92. The van der Waals surface area contributed by atoms with Crippen molar-refractivity contribution in [3.8, 4) is 0 Å². The number of alkyl halides is 3. The highest BCUT2D eigenvalue weighted by molar-refractivity contribution is 5.95. The van der Waals surface area contributed by atoms with Crippen molar-refractivity contribution in [2.45, 2.75) is 57.7 Å². The Morgan fingerprint density at radius 1 is 1.17 bits per heavy atom. The van der Waals surface area contributed by atoms with E-state index in [0.29, 0.717) is 31.5 Å². The maximum atomic E-state index is 13.4. The number of carbonyl (C=O) groups is 2. The van der Waals surface area contributed by atoms with Crippen LogP contribution in [0.4, 0.5) is 13.2 Å². The minimum atomic E-state index is -4.78. The van der Waals surface area contributed by atoms with Crippen LogP contribution < -0.4 is 16.4 Å². The van der Waals surface area contributed by atoms with Gasteiger partial charge in [-0.3, -0.25) is 23.8 Å². The van der Waals surface area contributed by atoms with Crippen molar-refractivity contribution in [2.24, 2.45) is 5.92 Å². The lowest BCUT2D eigenvalue weighted by Crippen LogP contribution is -2.38.